The van der Waals surface area contributed by atoms with Crippen LogP contribution in [0, 0.1) is 0 Å². The predicted molar refractivity (Wildman–Crippen MR) is 97.3 cm³/mol. The van der Waals surface area contributed by atoms with E-state index in [0.29, 0.717) is 26.1 Å². The van der Waals surface area contributed by atoms with Crippen LogP contribution in [0.2, 0.25) is 0 Å². The van der Waals surface area contributed by atoms with E-state index in [-0.39, 0.29) is 25.2 Å². The van der Waals surface area contributed by atoms with Crippen LogP contribution in [0.3, 0.4) is 0 Å². The zero-order valence-electron chi connectivity index (χ0n) is 13.7. The Morgan fingerprint density at radius 2 is 1.04 bits per heavy atom. The lowest BCUT2D eigenvalue weighted by Crippen LogP contribution is -2.14. The van der Waals surface area contributed by atoms with Crippen LogP contribution in [-0.2, 0) is 23.8 Å². The van der Waals surface area contributed by atoms with Crippen LogP contribution in [0.15, 0.2) is 0 Å². The summed E-state index contributed by atoms with van der Waals surface area (Å²) in [6, 6.07) is 0. The number of alkyl halides is 2. The van der Waals surface area contributed by atoms with E-state index >= 15 is 0 Å². The third-order valence-electron chi connectivity index (χ3n) is 3.01. The van der Waals surface area contributed by atoms with Crippen LogP contribution in [0.25, 0.3) is 0 Å². The molecule has 0 aromatic heterocycles. The van der Waals surface area contributed by atoms with Gasteiger partial charge in [-0.3, -0.25) is 9.59 Å². The maximum absolute atomic E-state index is 11.4. The largest absolute Gasteiger partial charge is 0.463 e. The number of hydrogen-bond donors (Lipinski definition) is 0. The van der Waals surface area contributed by atoms with E-state index in [4.69, 9.17) is 14.2 Å². The van der Waals surface area contributed by atoms with E-state index in [1.165, 1.54) is 0 Å². The molecule has 0 aliphatic rings. The van der Waals surface area contributed by atoms with Crippen molar-refractivity contribution in [2.24, 2.45) is 0 Å². The van der Waals surface area contributed by atoms with E-state index in [2.05, 4.69) is 31.9 Å². The zero-order valence-corrected chi connectivity index (χ0v) is 16.9. The predicted octanol–water partition coefficient (Wildman–Crippen LogP) is 4.00. The van der Waals surface area contributed by atoms with Crippen LogP contribution in [0.4, 0.5) is 0 Å². The van der Waals surface area contributed by atoms with Crippen LogP contribution < -0.4 is 0 Å². The molecule has 0 heterocycles. The molecule has 0 saturated heterocycles. The van der Waals surface area contributed by atoms with Crippen molar-refractivity contribution in [3.63, 3.8) is 0 Å². The van der Waals surface area contributed by atoms with Crippen molar-refractivity contribution in [1.29, 1.82) is 0 Å². The molecule has 23 heavy (non-hydrogen) atoms. The van der Waals surface area contributed by atoms with Gasteiger partial charge < -0.3 is 14.2 Å². The molecule has 0 unspecified atom stereocenters. The van der Waals surface area contributed by atoms with Crippen molar-refractivity contribution in [1.82, 2.24) is 0 Å². The van der Waals surface area contributed by atoms with Crippen molar-refractivity contribution in [3.05, 3.63) is 0 Å². The maximum Gasteiger partial charge on any atom is 0.305 e. The summed E-state index contributed by atoms with van der Waals surface area (Å²) in [6.45, 7) is 1.15. The lowest BCUT2D eigenvalue weighted by Gasteiger charge is -2.07. The molecule has 5 nitrogen and oxygen atoms in total. The number of carbonyl (C=O) groups is 2. The number of halogens is 2. The van der Waals surface area contributed by atoms with Gasteiger partial charge >= 0.3 is 11.9 Å². The second-order valence-electron chi connectivity index (χ2n) is 5.05. The first-order chi connectivity index (χ1) is 11.2. The molecule has 136 valence electrons. The first-order valence-electron chi connectivity index (χ1n) is 8.21. The molecule has 0 fully saturated rings. The van der Waals surface area contributed by atoms with Gasteiger partial charge in [0, 0.05) is 23.5 Å². The number of carbonyl (C=O) groups excluding carboxylic acids is 2. The Labute approximate surface area is 156 Å². The summed E-state index contributed by atoms with van der Waals surface area (Å²) in [7, 11) is 0. The first-order valence-corrected chi connectivity index (χ1v) is 10.5. The molecule has 0 amide bonds. The van der Waals surface area contributed by atoms with Crippen molar-refractivity contribution in [3.8, 4) is 0 Å². The number of rotatable bonds is 16. The molecule has 0 radical (unpaired) electrons. The van der Waals surface area contributed by atoms with E-state index in [0.717, 1.165) is 49.2 Å². The fourth-order valence-electron chi connectivity index (χ4n) is 1.76. The van der Waals surface area contributed by atoms with Gasteiger partial charge in [-0.15, -0.1) is 0 Å². The Balaban J connectivity index is 3.26. The van der Waals surface area contributed by atoms with Gasteiger partial charge in [-0.05, 0) is 25.7 Å². The Morgan fingerprint density at radius 1 is 0.609 bits per heavy atom. The van der Waals surface area contributed by atoms with Crippen molar-refractivity contribution < 1.29 is 23.8 Å². The molecule has 0 N–H and O–H groups in total. The molecule has 0 aliphatic heterocycles. The highest BCUT2D eigenvalue weighted by atomic mass is 79.9. The standard InChI is InChI=1S/C16H28Br2O5/c17-9-5-1-3-7-15(19)22-13-11-21-12-14-23-16(20)8-4-2-6-10-18/h1-14H2. The second kappa shape index (κ2) is 18.2. The number of hydrogen-bond acceptors (Lipinski definition) is 5. The average Bonchev–Trinajstić information content (AvgIpc) is 2.54. The third kappa shape index (κ3) is 18.0. The van der Waals surface area contributed by atoms with Crippen molar-refractivity contribution >= 4 is 43.8 Å². The summed E-state index contributed by atoms with van der Waals surface area (Å²) in [5.74, 6) is -0.365. The van der Waals surface area contributed by atoms with E-state index in [1.54, 1.807) is 0 Å². The number of esters is 2. The van der Waals surface area contributed by atoms with E-state index < -0.39 is 0 Å². The summed E-state index contributed by atoms with van der Waals surface area (Å²) < 4.78 is 15.3. The molecule has 0 rings (SSSR count). The minimum absolute atomic E-state index is 0.182. The quantitative estimate of drug-likeness (QED) is 0.198. The normalized spacial score (nSPS) is 10.5. The molecule has 0 aromatic carbocycles. The van der Waals surface area contributed by atoms with Crippen LogP contribution in [0.1, 0.15) is 51.4 Å². The molecule has 0 spiro atoms. The van der Waals surface area contributed by atoms with Gasteiger partial charge in [0.05, 0.1) is 13.2 Å². The highest BCUT2D eigenvalue weighted by molar-refractivity contribution is 9.09. The van der Waals surface area contributed by atoms with Crippen LogP contribution in [-0.4, -0.2) is 49.0 Å². The van der Waals surface area contributed by atoms with Gasteiger partial charge in [0.2, 0.25) is 0 Å². The minimum Gasteiger partial charge on any atom is -0.463 e. The highest BCUT2D eigenvalue weighted by Crippen LogP contribution is 2.04. The molecular weight excluding hydrogens is 432 g/mol. The molecule has 0 aliphatic carbocycles. The molecular formula is C16H28Br2O5. The fourth-order valence-corrected chi connectivity index (χ4v) is 2.55. The Bertz CT molecular complexity index is 272. The Hall–Kier alpha value is -0.140. The monoisotopic (exact) mass is 458 g/mol. The maximum atomic E-state index is 11.4. The summed E-state index contributed by atoms with van der Waals surface area (Å²) in [4.78, 5) is 22.7. The molecule has 0 saturated carbocycles. The average molecular weight is 460 g/mol. The van der Waals surface area contributed by atoms with Gasteiger partial charge in [0.1, 0.15) is 13.2 Å². The topological polar surface area (TPSA) is 61.8 Å². The second-order valence-corrected chi connectivity index (χ2v) is 6.64. The molecule has 7 heteroatoms. The van der Waals surface area contributed by atoms with Gasteiger partial charge in [-0.25, -0.2) is 0 Å². The lowest BCUT2D eigenvalue weighted by atomic mass is 10.2. The SMILES string of the molecule is O=C(CCCCCBr)OCCOCCOC(=O)CCCCCBr. The van der Waals surface area contributed by atoms with Crippen molar-refractivity contribution in [2.45, 2.75) is 51.4 Å². The number of unbranched alkanes of at least 4 members (excludes halogenated alkanes) is 4. The van der Waals surface area contributed by atoms with E-state index in [9.17, 15) is 9.59 Å². The minimum atomic E-state index is -0.182. The van der Waals surface area contributed by atoms with Gasteiger partial charge in [0.25, 0.3) is 0 Å². The smallest absolute Gasteiger partial charge is 0.305 e. The van der Waals surface area contributed by atoms with Crippen molar-refractivity contribution in [2.75, 3.05) is 37.1 Å². The Kier molecular flexibility index (Phi) is 18.1. The van der Waals surface area contributed by atoms with Gasteiger partial charge in [0.15, 0.2) is 0 Å². The Morgan fingerprint density at radius 3 is 1.43 bits per heavy atom. The molecule has 0 bridgehead atoms. The van der Waals surface area contributed by atoms with Gasteiger partial charge in [-0.2, -0.15) is 0 Å². The van der Waals surface area contributed by atoms with Crippen LogP contribution in [0.5, 0.6) is 0 Å². The summed E-state index contributed by atoms with van der Waals surface area (Å²) in [5, 5.41) is 1.94. The summed E-state index contributed by atoms with van der Waals surface area (Å²) in [5.41, 5.74) is 0. The van der Waals surface area contributed by atoms with Crippen LogP contribution >= 0.6 is 31.9 Å². The van der Waals surface area contributed by atoms with E-state index in [1.807, 2.05) is 0 Å². The fraction of sp³-hybridized carbons (Fsp3) is 0.875. The summed E-state index contributed by atoms with van der Waals surface area (Å²) in [6.07, 6.45) is 6.83. The number of ether oxygens (including phenoxy) is 3. The molecule has 0 aromatic rings. The highest BCUT2D eigenvalue weighted by Gasteiger charge is 2.04. The first kappa shape index (κ1) is 22.9. The third-order valence-corrected chi connectivity index (χ3v) is 4.13. The summed E-state index contributed by atoms with van der Waals surface area (Å²) >= 11 is 6.70. The van der Waals surface area contributed by atoms with Gasteiger partial charge in [-0.1, -0.05) is 44.7 Å². The zero-order chi connectivity index (χ0) is 17.2. The lowest BCUT2D eigenvalue weighted by molar-refractivity contribution is -0.146. The molecule has 0 atom stereocenters.